The van der Waals surface area contributed by atoms with Crippen LogP contribution in [0, 0.1) is 5.82 Å². The first-order valence-corrected chi connectivity index (χ1v) is 3.82. The van der Waals surface area contributed by atoms with Gasteiger partial charge in [-0.1, -0.05) is 11.6 Å². The standard InChI is InChI=1S/C8H6ClF2NO/c9-6-2-1-5(3-7(6)11)12-8(13)4-10/h1-3H,4H2,(H,12,13). The molecule has 70 valence electrons. The van der Waals surface area contributed by atoms with E-state index in [0.717, 1.165) is 6.07 Å². The fourth-order valence-electron chi connectivity index (χ4n) is 0.768. The molecule has 0 radical (unpaired) electrons. The molecule has 0 unspecified atom stereocenters. The number of halogens is 3. The zero-order valence-corrected chi connectivity index (χ0v) is 7.24. The van der Waals surface area contributed by atoms with Gasteiger partial charge < -0.3 is 5.32 Å². The summed E-state index contributed by atoms with van der Waals surface area (Å²) < 4.78 is 24.5. The third kappa shape index (κ3) is 2.66. The van der Waals surface area contributed by atoms with Gasteiger partial charge in [0.1, 0.15) is 5.82 Å². The van der Waals surface area contributed by atoms with E-state index in [1.807, 2.05) is 0 Å². The summed E-state index contributed by atoms with van der Waals surface area (Å²) in [5, 5.41) is 2.10. The largest absolute Gasteiger partial charge is 0.324 e. The highest BCUT2D eigenvalue weighted by Crippen LogP contribution is 2.18. The fourth-order valence-corrected chi connectivity index (χ4v) is 0.886. The van der Waals surface area contributed by atoms with Gasteiger partial charge in [0.2, 0.25) is 0 Å². The fraction of sp³-hybridized carbons (Fsp3) is 0.125. The Kier molecular flexibility index (Phi) is 3.19. The number of carbonyl (C=O) groups is 1. The van der Waals surface area contributed by atoms with E-state index in [0.29, 0.717) is 0 Å². The van der Waals surface area contributed by atoms with Gasteiger partial charge >= 0.3 is 0 Å². The molecule has 0 bridgehead atoms. The summed E-state index contributed by atoms with van der Waals surface area (Å²) in [6.45, 7) is -1.13. The van der Waals surface area contributed by atoms with Crippen LogP contribution in [0.25, 0.3) is 0 Å². The van der Waals surface area contributed by atoms with Gasteiger partial charge in [-0.15, -0.1) is 0 Å². The van der Waals surface area contributed by atoms with Crippen molar-refractivity contribution < 1.29 is 13.6 Å². The van der Waals surface area contributed by atoms with Crippen molar-refractivity contribution >= 4 is 23.2 Å². The van der Waals surface area contributed by atoms with Crippen LogP contribution in [0.2, 0.25) is 5.02 Å². The van der Waals surface area contributed by atoms with E-state index in [2.05, 4.69) is 5.32 Å². The molecular formula is C8H6ClF2NO. The summed E-state index contributed by atoms with van der Waals surface area (Å²) in [5.41, 5.74) is 0.185. The van der Waals surface area contributed by atoms with Crippen molar-refractivity contribution in [1.29, 1.82) is 0 Å². The summed E-state index contributed by atoms with van der Waals surface area (Å²) in [4.78, 5) is 10.5. The lowest BCUT2D eigenvalue weighted by molar-refractivity contribution is -0.117. The van der Waals surface area contributed by atoms with Crippen molar-refractivity contribution in [2.24, 2.45) is 0 Å². The van der Waals surface area contributed by atoms with Crippen molar-refractivity contribution in [1.82, 2.24) is 0 Å². The molecule has 0 aromatic heterocycles. The number of nitrogens with one attached hydrogen (secondary N) is 1. The molecule has 13 heavy (non-hydrogen) atoms. The zero-order valence-electron chi connectivity index (χ0n) is 6.48. The average molecular weight is 206 g/mol. The SMILES string of the molecule is O=C(CF)Nc1ccc(Cl)c(F)c1. The zero-order chi connectivity index (χ0) is 9.84. The van der Waals surface area contributed by atoms with Gasteiger partial charge in [0.15, 0.2) is 6.67 Å². The lowest BCUT2D eigenvalue weighted by Crippen LogP contribution is -2.13. The molecule has 0 aliphatic carbocycles. The number of hydrogen-bond acceptors (Lipinski definition) is 1. The first-order valence-electron chi connectivity index (χ1n) is 3.44. The first-order chi connectivity index (χ1) is 6.13. The summed E-state index contributed by atoms with van der Waals surface area (Å²) in [7, 11) is 0. The van der Waals surface area contributed by atoms with Crippen LogP contribution in [0.15, 0.2) is 18.2 Å². The molecule has 0 heterocycles. The van der Waals surface area contributed by atoms with Crippen LogP contribution in [-0.2, 0) is 4.79 Å². The Morgan fingerprint density at radius 3 is 2.77 bits per heavy atom. The summed E-state index contributed by atoms with van der Waals surface area (Å²) in [6, 6.07) is 3.69. The molecule has 1 aromatic carbocycles. The minimum Gasteiger partial charge on any atom is -0.324 e. The number of hydrogen-bond donors (Lipinski definition) is 1. The van der Waals surface area contributed by atoms with Gasteiger partial charge in [0.05, 0.1) is 5.02 Å². The molecule has 0 aliphatic rings. The second kappa shape index (κ2) is 4.18. The smallest absolute Gasteiger partial charge is 0.255 e. The van der Waals surface area contributed by atoms with Crippen molar-refractivity contribution in [2.75, 3.05) is 12.0 Å². The number of rotatable bonds is 2. The highest BCUT2D eigenvalue weighted by molar-refractivity contribution is 6.30. The Morgan fingerprint density at radius 1 is 1.54 bits per heavy atom. The Balaban J connectivity index is 2.79. The molecule has 0 spiro atoms. The van der Waals surface area contributed by atoms with Crippen LogP contribution >= 0.6 is 11.6 Å². The molecule has 1 rings (SSSR count). The van der Waals surface area contributed by atoms with Crippen molar-refractivity contribution in [3.05, 3.63) is 29.0 Å². The Bertz CT molecular complexity index is 330. The van der Waals surface area contributed by atoms with Gasteiger partial charge in [-0.25, -0.2) is 8.78 Å². The summed E-state index contributed by atoms with van der Waals surface area (Å²) >= 11 is 5.39. The van der Waals surface area contributed by atoms with Gasteiger partial charge in [-0.3, -0.25) is 4.79 Å². The topological polar surface area (TPSA) is 29.1 Å². The van der Waals surface area contributed by atoms with Crippen LogP contribution in [0.4, 0.5) is 14.5 Å². The van der Waals surface area contributed by atoms with Gasteiger partial charge in [0, 0.05) is 5.69 Å². The molecule has 0 atom stereocenters. The number of benzene rings is 1. The van der Waals surface area contributed by atoms with E-state index in [-0.39, 0.29) is 10.7 Å². The van der Waals surface area contributed by atoms with Crippen LogP contribution < -0.4 is 5.32 Å². The molecule has 0 saturated heterocycles. The summed E-state index contributed by atoms with van der Waals surface area (Å²) in [6.07, 6.45) is 0. The van der Waals surface area contributed by atoms with Gasteiger partial charge in [-0.05, 0) is 18.2 Å². The Labute approximate surface area is 78.5 Å². The summed E-state index contributed by atoms with van der Waals surface area (Å²) in [5.74, 6) is -1.47. The van der Waals surface area contributed by atoms with E-state index in [4.69, 9.17) is 11.6 Å². The van der Waals surface area contributed by atoms with E-state index >= 15 is 0 Å². The third-order valence-electron chi connectivity index (χ3n) is 1.32. The van der Waals surface area contributed by atoms with E-state index < -0.39 is 18.4 Å². The molecule has 0 aliphatic heterocycles. The van der Waals surface area contributed by atoms with Crippen LogP contribution in [0.1, 0.15) is 0 Å². The van der Waals surface area contributed by atoms with Crippen molar-refractivity contribution in [3.63, 3.8) is 0 Å². The molecule has 0 saturated carbocycles. The maximum Gasteiger partial charge on any atom is 0.255 e. The second-order valence-electron chi connectivity index (χ2n) is 2.31. The Morgan fingerprint density at radius 2 is 2.23 bits per heavy atom. The molecule has 0 fully saturated rings. The van der Waals surface area contributed by atoms with Crippen LogP contribution in [0.5, 0.6) is 0 Å². The first kappa shape index (κ1) is 9.92. The lowest BCUT2D eigenvalue weighted by atomic mass is 10.3. The number of anilines is 1. The average Bonchev–Trinajstić information content (AvgIpc) is 2.11. The maximum atomic E-state index is 12.8. The van der Waals surface area contributed by atoms with E-state index in [1.165, 1.54) is 12.1 Å². The highest BCUT2D eigenvalue weighted by Gasteiger charge is 2.03. The highest BCUT2D eigenvalue weighted by atomic mass is 35.5. The van der Waals surface area contributed by atoms with Crippen molar-refractivity contribution in [3.8, 4) is 0 Å². The second-order valence-corrected chi connectivity index (χ2v) is 2.72. The molecule has 1 aromatic rings. The molecule has 5 heteroatoms. The van der Waals surface area contributed by atoms with Crippen LogP contribution in [-0.4, -0.2) is 12.6 Å². The molecule has 1 N–H and O–H groups in total. The minimum atomic E-state index is -1.13. The van der Waals surface area contributed by atoms with E-state index in [1.54, 1.807) is 0 Å². The lowest BCUT2D eigenvalue weighted by Gasteiger charge is -2.02. The number of carbonyl (C=O) groups excluding carboxylic acids is 1. The third-order valence-corrected chi connectivity index (χ3v) is 1.63. The monoisotopic (exact) mass is 205 g/mol. The van der Waals surface area contributed by atoms with Gasteiger partial charge in [-0.2, -0.15) is 0 Å². The normalized spacial score (nSPS) is 9.77. The van der Waals surface area contributed by atoms with Crippen LogP contribution in [0.3, 0.4) is 0 Å². The maximum absolute atomic E-state index is 12.8. The Hall–Kier alpha value is -1.16. The van der Waals surface area contributed by atoms with E-state index in [9.17, 15) is 13.6 Å². The van der Waals surface area contributed by atoms with Crippen molar-refractivity contribution in [2.45, 2.75) is 0 Å². The quantitative estimate of drug-likeness (QED) is 0.789. The number of amides is 1. The molecular weight excluding hydrogens is 200 g/mol. The van der Waals surface area contributed by atoms with Gasteiger partial charge in [0.25, 0.3) is 5.91 Å². The molecule has 2 nitrogen and oxygen atoms in total. The molecule has 1 amide bonds. The minimum absolute atomic E-state index is 0.0433. The predicted octanol–water partition coefficient (Wildman–Crippen LogP) is 2.39. The predicted molar refractivity (Wildman–Crippen MR) is 46.0 cm³/mol. The number of alkyl halides is 1.